The van der Waals surface area contributed by atoms with Crippen LogP contribution in [0.1, 0.15) is 29.2 Å². The first-order chi connectivity index (χ1) is 14.1. The van der Waals surface area contributed by atoms with Crippen LogP contribution in [0.3, 0.4) is 0 Å². The van der Waals surface area contributed by atoms with Gasteiger partial charge in [-0.05, 0) is 24.1 Å². The van der Waals surface area contributed by atoms with E-state index < -0.39 is 5.91 Å². The molecular weight excluding hydrogens is 382 g/mol. The Labute approximate surface area is 173 Å². The smallest absolute Gasteiger partial charge is 0.257 e. The predicted molar refractivity (Wildman–Crippen MR) is 116 cm³/mol. The van der Waals surface area contributed by atoms with E-state index >= 15 is 0 Å². The molecule has 0 fully saturated rings. The predicted octanol–water partition coefficient (Wildman–Crippen LogP) is 3.87. The average molecular weight is 404 g/mol. The number of nitrogens with zero attached hydrogens (tertiary/aromatic N) is 4. The van der Waals surface area contributed by atoms with Crippen LogP contribution in [0.15, 0.2) is 77.5 Å². The van der Waals surface area contributed by atoms with Crippen molar-refractivity contribution in [1.29, 1.82) is 0 Å². The van der Waals surface area contributed by atoms with Gasteiger partial charge in [0.25, 0.3) is 5.91 Å². The second-order valence-corrected chi connectivity index (χ2v) is 7.77. The number of carbonyl (C=O) groups excluding carboxylic acids is 1. The van der Waals surface area contributed by atoms with Crippen LogP contribution in [0.25, 0.3) is 12.2 Å². The molecule has 1 unspecified atom stereocenters. The zero-order valence-corrected chi connectivity index (χ0v) is 16.8. The summed E-state index contributed by atoms with van der Waals surface area (Å²) in [6, 6.07) is 20.1. The van der Waals surface area contributed by atoms with E-state index in [4.69, 9.17) is 5.73 Å². The molecule has 0 saturated heterocycles. The summed E-state index contributed by atoms with van der Waals surface area (Å²) in [5, 5.41) is 8.57. The summed E-state index contributed by atoms with van der Waals surface area (Å²) >= 11 is 1.40. The fourth-order valence-corrected chi connectivity index (χ4v) is 4.37. The average Bonchev–Trinajstić information content (AvgIpc) is 3.33. The molecule has 7 heteroatoms. The zero-order chi connectivity index (χ0) is 20.2. The van der Waals surface area contributed by atoms with Gasteiger partial charge in [0.15, 0.2) is 5.50 Å². The van der Waals surface area contributed by atoms with E-state index in [1.165, 1.54) is 11.8 Å². The first-order valence-corrected chi connectivity index (χ1v) is 10.1. The van der Waals surface area contributed by atoms with Gasteiger partial charge in [-0.15, -0.1) is 5.10 Å². The lowest BCUT2D eigenvalue weighted by molar-refractivity contribution is -0.114. The number of primary amides is 1. The Kier molecular flexibility index (Phi) is 5.48. The van der Waals surface area contributed by atoms with Gasteiger partial charge in [0.05, 0.1) is 11.1 Å². The van der Waals surface area contributed by atoms with Crippen LogP contribution in [0, 0.1) is 0 Å². The largest absolute Gasteiger partial charge is 0.365 e. The molecule has 1 aromatic heterocycles. The molecule has 0 spiro atoms. The fraction of sp³-hybridized carbons (Fsp3) is 0.136. The topological polar surface area (TPSA) is 77.0 Å². The number of amides is 1. The maximum atomic E-state index is 11.9. The van der Waals surface area contributed by atoms with Gasteiger partial charge in [-0.1, -0.05) is 83.7 Å². The van der Waals surface area contributed by atoms with E-state index in [-0.39, 0.29) is 5.50 Å². The van der Waals surface area contributed by atoms with Crippen molar-refractivity contribution in [3.63, 3.8) is 0 Å². The highest BCUT2D eigenvalue weighted by atomic mass is 32.2. The second-order valence-electron chi connectivity index (χ2n) is 6.70. The summed E-state index contributed by atoms with van der Waals surface area (Å²) < 4.78 is 1.78. The van der Waals surface area contributed by atoms with Crippen LogP contribution in [0.2, 0.25) is 0 Å². The van der Waals surface area contributed by atoms with E-state index in [1.54, 1.807) is 4.68 Å². The van der Waals surface area contributed by atoms with Crippen molar-refractivity contribution in [3.8, 4) is 0 Å². The first kappa shape index (κ1) is 19.0. The number of hydrogen-bond acceptors (Lipinski definition) is 5. The fourth-order valence-electron chi connectivity index (χ4n) is 3.18. The molecule has 2 heterocycles. The second kappa shape index (κ2) is 8.36. The van der Waals surface area contributed by atoms with Gasteiger partial charge in [0.1, 0.15) is 5.69 Å². The van der Waals surface area contributed by atoms with Crippen LogP contribution in [0.5, 0.6) is 0 Å². The number of benzene rings is 2. The monoisotopic (exact) mass is 403 g/mol. The third-order valence-corrected chi connectivity index (χ3v) is 6.08. The van der Waals surface area contributed by atoms with Crippen molar-refractivity contribution >= 4 is 29.8 Å². The van der Waals surface area contributed by atoms with E-state index in [1.807, 2.05) is 73.8 Å². The number of allylic oxidation sites excluding steroid dienone is 1. The molecule has 0 saturated carbocycles. The number of nitrogens with two attached hydrogens (primary N) is 1. The maximum absolute atomic E-state index is 11.9. The number of rotatable bonds is 6. The third kappa shape index (κ3) is 4.25. The Morgan fingerprint density at radius 2 is 1.79 bits per heavy atom. The molecule has 0 aliphatic carbocycles. The molecule has 2 aromatic carbocycles. The van der Waals surface area contributed by atoms with Crippen molar-refractivity contribution in [2.75, 3.05) is 0 Å². The van der Waals surface area contributed by atoms with Crippen molar-refractivity contribution < 1.29 is 4.79 Å². The molecule has 29 heavy (non-hydrogen) atoms. The number of thioether (sulfide) groups is 1. The molecule has 4 rings (SSSR count). The van der Waals surface area contributed by atoms with E-state index in [2.05, 4.69) is 27.3 Å². The summed E-state index contributed by atoms with van der Waals surface area (Å²) in [5.74, 6) is -0.419. The van der Waals surface area contributed by atoms with Gasteiger partial charge in [0.2, 0.25) is 0 Å². The SMILES string of the molecule is CC1=C(C(N)=O)SC(n2cc(C=Cc3ccccc3)nn2)N1Cc1ccccc1. The van der Waals surface area contributed by atoms with Crippen molar-refractivity contribution in [1.82, 2.24) is 19.9 Å². The molecule has 2 N–H and O–H groups in total. The lowest BCUT2D eigenvalue weighted by Crippen LogP contribution is -2.26. The Morgan fingerprint density at radius 1 is 1.10 bits per heavy atom. The molecule has 3 aromatic rings. The Bertz CT molecular complexity index is 1060. The van der Waals surface area contributed by atoms with Crippen LogP contribution >= 0.6 is 11.8 Å². The lowest BCUT2D eigenvalue weighted by Gasteiger charge is -2.27. The summed E-state index contributed by atoms with van der Waals surface area (Å²) in [4.78, 5) is 14.6. The molecule has 0 bridgehead atoms. The molecular formula is C22H21N5OS. The van der Waals surface area contributed by atoms with Crippen LogP contribution in [0.4, 0.5) is 0 Å². The van der Waals surface area contributed by atoms with Gasteiger partial charge in [-0.25, -0.2) is 4.68 Å². The number of carbonyl (C=O) groups is 1. The molecule has 1 aliphatic rings. The summed E-state index contributed by atoms with van der Waals surface area (Å²) in [5.41, 5.74) is 9.23. The molecule has 1 amide bonds. The zero-order valence-electron chi connectivity index (χ0n) is 16.0. The molecule has 0 radical (unpaired) electrons. The lowest BCUT2D eigenvalue weighted by atomic mass is 10.2. The Hall–Kier alpha value is -3.32. The number of hydrogen-bond donors (Lipinski definition) is 1. The summed E-state index contributed by atoms with van der Waals surface area (Å²) in [6.07, 6.45) is 5.80. The highest BCUT2D eigenvalue weighted by Crippen LogP contribution is 2.44. The minimum absolute atomic E-state index is 0.218. The first-order valence-electron chi connectivity index (χ1n) is 9.24. The molecule has 1 aliphatic heterocycles. The van der Waals surface area contributed by atoms with E-state index in [0.717, 1.165) is 22.5 Å². The van der Waals surface area contributed by atoms with E-state index in [0.29, 0.717) is 11.4 Å². The van der Waals surface area contributed by atoms with E-state index in [9.17, 15) is 4.79 Å². The molecule has 1 atom stereocenters. The normalized spacial score (nSPS) is 16.7. The Morgan fingerprint density at radius 3 is 2.48 bits per heavy atom. The van der Waals surface area contributed by atoms with Crippen molar-refractivity contribution in [2.24, 2.45) is 5.73 Å². The van der Waals surface area contributed by atoms with Gasteiger partial charge in [-0.3, -0.25) is 4.79 Å². The minimum atomic E-state index is -0.419. The maximum Gasteiger partial charge on any atom is 0.257 e. The van der Waals surface area contributed by atoms with Crippen LogP contribution in [-0.2, 0) is 11.3 Å². The highest BCUT2D eigenvalue weighted by Gasteiger charge is 2.34. The van der Waals surface area contributed by atoms with Gasteiger partial charge in [0, 0.05) is 12.2 Å². The summed E-state index contributed by atoms with van der Waals surface area (Å²) in [7, 11) is 0. The van der Waals surface area contributed by atoms with Gasteiger partial charge >= 0.3 is 0 Å². The van der Waals surface area contributed by atoms with Crippen molar-refractivity contribution in [3.05, 3.63) is 94.3 Å². The Balaban J connectivity index is 1.58. The molecule has 6 nitrogen and oxygen atoms in total. The van der Waals surface area contributed by atoms with Crippen LogP contribution in [-0.4, -0.2) is 25.8 Å². The van der Waals surface area contributed by atoms with Gasteiger partial charge < -0.3 is 10.6 Å². The van der Waals surface area contributed by atoms with Crippen LogP contribution < -0.4 is 5.73 Å². The standard InChI is InChI=1S/C22H21N5OS/c1-16-20(21(23)28)29-22(26(16)14-18-10-6-3-7-11-18)27-15-19(24-25-27)13-12-17-8-4-2-5-9-17/h2-13,15,22H,14H2,1H3,(H2,23,28). The third-order valence-electron chi connectivity index (χ3n) is 4.67. The van der Waals surface area contributed by atoms with Gasteiger partial charge in [-0.2, -0.15) is 0 Å². The quantitative estimate of drug-likeness (QED) is 0.676. The van der Waals surface area contributed by atoms with Crippen molar-refractivity contribution in [2.45, 2.75) is 19.0 Å². The minimum Gasteiger partial charge on any atom is -0.365 e. The highest BCUT2D eigenvalue weighted by molar-refractivity contribution is 8.04. The number of aromatic nitrogens is 3. The summed E-state index contributed by atoms with van der Waals surface area (Å²) in [6.45, 7) is 2.57. The molecule has 146 valence electrons.